The van der Waals surface area contributed by atoms with Gasteiger partial charge < -0.3 is 0 Å². The van der Waals surface area contributed by atoms with E-state index in [1.807, 2.05) is 0 Å². The van der Waals surface area contributed by atoms with Gasteiger partial charge in [0.2, 0.25) is 5.82 Å². The highest BCUT2D eigenvalue weighted by Gasteiger charge is 2.31. The van der Waals surface area contributed by atoms with Gasteiger partial charge in [0.1, 0.15) is 0 Å². The summed E-state index contributed by atoms with van der Waals surface area (Å²) in [6.45, 7) is 1.76. The Bertz CT molecular complexity index is 470. The Hall–Kier alpha value is -1.52. The zero-order valence-corrected chi connectivity index (χ0v) is 7.37. The number of halogens is 3. The molecule has 5 heteroatoms. The van der Waals surface area contributed by atoms with Crippen molar-refractivity contribution in [3.63, 3.8) is 0 Å². The maximum Gasteiger partial charge on any atom is 0.416 e. The third-order valence-corrected chi connectivity index (χ3v) is 1.99. The van der Waals surface area contributed by atoms with Gasteiger partial charge in [0.15, 0.2) is 11.0 Å². The number of benzene rings is 1. The second kappa shape index (κ2) is 2.73. The summed E-state index contributed by atoms with van der Waals surface area (Å²) >= 11 is 0. The minimum atomic E-state index is -4.28. The molecule has 2 aromatic rings. The molecule has 1 heterocycles. The molecule has 74 valence electrons. The Balaban J connectivity index is 2.62. The van der Waals surface area contributed by atoms with E-state index in [9.17, 15) is 13.2 Å². The summed E-state index contributed by atoms with van der Waals surface area (Å²) in [5.41, 5.74) is 0.507. The first kappa shape index (κ1) is 9.05. The fraction of sp³-hybridized carbons (Fsp3) is 0.222. The molecule has 2 rings (SSSR count). The molecule has 2 N–H and O–H groups in total. The van der Waals surface area contributed by atoms with Crippen LogP contribution in [0.15, 0.2) is 18.2 Å². The second-order valence-electron chi connectivity index (χ2n) is 3.13. The van der Waals surface area contributed by atoms with Gasteiger partial charge in [-0.2, -0.15) is 13.2 Å². The van der Waals surface area contributed by atoms with Gasteiger partial charge in [-0.3, -0.25) is 0 Å². The first-order valence-corrected chi connectivity index (χ1v) is 4.05. The molecule has 0 spiro atoms. The third kappa shape index (κ3) is 1.45. The molecule has 1 aromatic heterocycles. The molecule has 0 saturated carbocycles. The van der Waals surface area contributed by atoms with E-state index in [1.54, 1.807) is 6.92 Å². The highest BCUT2D eigenvalue weighted by molar-refractivity contribution is 5.72. The Morgan fingerprint density at radius 1 is 1.29 bits per heavy atom. The van der Waals surface area contributed by atoms with Crippen LogP contribution >= 0.6 is 0 Å². The van der Waals surface area contributed by atoms with Crippen molar-refractivity contribution >= 4 is 11.0 Å². The summed E-state index contributed by atoms with van der Waals surface area (Å²) < 4.78 is 36.9. The normalized spacial score (nSPS) is 12.3. The zero-order valence-electron chi connectivity index (χ0n) is 7.37. The first-order chi connectivity index (χ1) is 6.47. The topological polar surface area (TPSA) is 29.9 Å². The van der Waals surface area contributed by atoms with E-state index in [2.05, 4.69) is 9.97 Å². The Morgan fingerprint density at radius 2 is 2.00 bits per heavy atom. The van der Waals surface area contributed by atoms with Crippen LogP contribution in [0.25, 0.3) is 11.0 Å². The van der Waals surface area contributed by atoms with Crippen LogP contribution in [0.3, 0.4) is 0 Å². The van der Waals surface area contributed by atoms with Crippen LogP contribution in [0.4, 0.5) is 13.2 Å². The number of aromatic nitrogens is 2. The number of H-pyrrole nitrogens is 2. The Kier molecular flexibility index (Phi) is 1.77. The largest absolute Gasteiger partial charge is 0.416 e. The lowest BCUT2D eigenvalue weighted by Gasteiger charge is -2.03. The molecule has 0 aliphatic carbocycles. The monoisotopic (exact) mass is 201 g/mol. The zero-order chi connectivity index (χ0) is 10.3. The fourth-order valence-corrected chi connectivity index (χ4v) is 1.37. The molecule has 14 heavy (non-hydrogen) atoms. The summed E-state index contributed by atoms with van der Waals surface area (Å²) in [6.07, 6.45) is -4.28. The predicted octanol–water partition coefficient (Wildman–Crippen LogP) is 2.31. The number of aromatic amines is 2. The van der Waals surface area contributed by atoms with Crippen LogP contribution in [0.1, 0.15) is 11.4 Å². The van der Waals surface area contributed by atoms with Crippen LogP contribution < -0.4 is 4.98 Å². The summed E-state index contributed by atoms with van der Waals surface area (Å²) in [6, 6.07) is 3.58. The molecule has 0 unspecified atom stereocenters. The molecule has 1 aromatic carbocycles. The predicted molar refractivity (Wildman–Crippen MR) is 44.6 cm³/mol. The first-order valence-electron chi connectivity index (χ1n) is 4.05. The quantitative estimate of drug-likeness (QED) is 0.678. The van der Waals surface area contributed by atoms with Crippen molar-refractivity contribution in [1.82, 2.24) is 4.98 Å². The number of imidazole rings is 1. The van der Waals surface area contributed by atoms with Gasteiger partial charge in [-0.15, -0.1) is 0 Å². The van der Waals surface area contributed by atoms with E-state index in [0.717, 1.165) is 18.0 Å². The number of fused-ring (bicyclic) bond motifs is 1. The molecular weight excluding hydrogens is 193 g/mol. The van der Waals surface area contributed by atoms with Gasteiger partial charge in [-0.05, 0) is 12.1 Å². The van der Waals surface area contributed by atoms with Gasteiger partial charge >= 0.3 is 6.18 Å². The highest BCUT2D eigenvalue weighted by atomic mass is 19.4. The summed E-state index contributed by atoms with van der Waals surface area (Å²) in [5, 5.41) is 0. The van der Waals surface area contributed by atoms with Gasteiger partial charge in [-0.1, -0.05) is 0 Å². The minimum Gasteiger partial charge on any atom is -0.241 e. The summed E-state index contributed by atoms with van der Waals surface area (Å²) in [4.78, 5) is 5.73. The third-order valence-electron chi connectivity index (χ3n) is 1.99. The van der Waals surface area contributed by atoms with E-state index < -0.39 is 11.7 Å². The standard InChI is InChI=1S/C9H7F3N2/c1-5-13-7-3-2-6(9(10,11)12)4-8(7)14-5/h2-4H,1H3,(H,13,14)/p+1. The molecule has 0 aliphatic rings. The van der Waals surface area contributed by atoms with Crippen molar-refractivity contribution in [2.24, 2.45) is 0 Å². The lowest BCUT2D eigenvalue weighted by Crippen LogP contribution is -2.05. The second-order valence-corrected chi connectivity index (χ2v) is 3.13. The van der Waals surface area contributed by atoms with Crippen molar-refractivity contribution < 1.29 is 18.2 Å². The van der Waals surface area contributed by atoms with Crippen molar-refractivity contribution in [2.75, 3.05) is 0 Å². The maximum atomic E-state index is 12.3. The highest BCUT2D eigenvalue weighted by Crippen LogP contribution is 2.30. The van der Waals surface area contributed by atoms with Crippen molar-refractivity contribution in [2.45, 2.75) is 13.1 Å². The van der Waals surface area contributed by atoms with Gasteiger partial charge in [-0.25, -0.2) is 9.97 Å². The SMILES string of the molecule is Cc1[nH]c2cc(C(F)(F)F)ccc2[nH+]1. The molecule has 0 saturated heterocycles. The molecule has 2 nitrogen and oxygen atoms in total. The number of nitrogens with one attached hydrogen (secondary N) is 2. The summed E-state index contributed by atoms with van der Waals surface area (Å²) in [5.74, 6) is 0.735. The maximum absolute atomic E-state index is 12.3. The molecule has 0 bridgehead atoms. The number of hydrogen-bond donors (Lipinski definition) is 1. The average molecular weight is 201 g/mol. The molecule has 0 aliphatic heterocycles. The van der Waals surface area contributed by atoms with E-state index in [-0.39, 0.29) is 0 Å². The van der Waals surface area contributed by atoms with E-state index in [0.29, 0.717) is 11.0 Å². The van der Waals surface area contributed by atoms with E-state index in [1.165, 1.54) is 6.07 Å². The number of aryl methyl sites for hydroxylation is 1. The number of rotatable bonds is 0. The van der Waals surface area contributed by atoms with Crippen LogP contribution in [0.5, 0.6) is 0 Å². The van der Waals surface area contributed by atoms with E-state index in [4.69, 9.17) is 0 Å². The van der Waals surface area contributed by atoms with Crippen LogP contribution in [0.2, 0.25) is 0 Å². The average Bonchev–Trinajstić information content (AvgIpc) is 2.41. The number of alkyl halides is 3. The Labute approximate surface area is 77.8 Å². The fourth-order valence-electron chi connectivity index (χ4n) is 1.37. The molecule has 0 fully saturated rings. The van der Waals surface area contributed by atoms with Crippen LogP contribution in [-0.2, 0) is 6.18 Å². The smallest absolute Gasteiger partial charge is 0.241 e. The van der Waals surface area contributed by atoms with Gasteiger partial charge in [0, 0.05) is 13.0 Å². The van der Waals surface area contributed by atoms with Crippen LogP contribution in [-0.4, -0.2) is 4.98 Å². The molecular formula is C9H8F3N2+. The van der Waals surface area contributed by atoms with Gasteiger partial charge in [0.05, 0.1) is 5.56 Å². The molecule has 0 amide bonds. The molecule has 0 radical (unpaired) electrons. The molecule has 0 atom stereocenters. The van der Waals surface area contributed by atoms with Crippen LogP contribution in [0, 0.1) is 6.92 Å². The lowest BCUT2D eigenvalue weighted by molar-refractivity contribution is -0.354. The van der Waals surface area contributed by atoms with Crippen molar-refractivity contribution in [3.05, 3.63) is 29.6 Å². The van der Waals surface area contributed by atoms with Crippen molar-refractivity contribution in [3.8, 4) is 0 Å². The minimum absolute atomic E-state index is 0.470. The number of hydrogen-bond acceptors (Lipinski definition) is 0. The Morgan fingerprint density at radius 3 is 2.64 bits per heavy atom. The summed E-state index contributed by atoms with van der Waals surface area (Å²) in [7, 11) is 0. The van der Waals surface area contributed by atoms with E-state index >= 15 is 0 Å². The van der Waals surface area contributed by atoms with Crippen molar-refractivity contribution in [1.29, 1.82) is 0 Å². The lowest BCUT2D eigenvalue weighted by atomic mass is 10.2. The van der Waals surface area contributed by atoms with Gasteiger partial charge in [0.25, 0.3) is 0 Å².